The number of unbranched alkanes of at least 4 members (excludes halogenated alkanes) is 3. The van der Waals surface area contributed by atoms with Gasteiger partial charge in [-0.25, -0.2) is 0 Å². The first kappa shape index (κ1) is 15.3. The first-order valence-corrected chi connectivity index (χ1v) is 9.11. The lowest BCUT2D eigenvalue weighted by atomic mass is 10.00. The average Bonchev–Trinajstić information content (AvgIpc) is 3.04. The van der Waals surface area contributed by atoms with Crippen molar-refractivity contribution in [2.75, 3.05) is 13.2 Å². The van der Waals surface area contributed by atoms with Crippen molar-refractivity contribution < 1.29 is 4.74 Å². The fourth-order valence-corrected chi connectivity index (χ4v) is 3.64. The Morgan fingerprint density at radius 3 is 2.77 bits per heavy atom. The Balaban J connectivity index is 1.61. The van der Waals surface area contributed by atoms with Crippen LogP contribution in [-0.2, 0) is 6.42 Å². The molecule has 1 aliphatic rings. The summed E-state index contributed by atoms with van der Waals surface area (Å²) >= 11 is 1.84. The lowest BCUT2D eigenvalue weighted by Crippen LogP contribution is -2.11. The van der Waals surface area contributed by atoms with E-state index in [0.717, 1.165) is 37.5 Å². The van der Waals surface area contributed by atoms with Gasteiger partial charge in [0.1, 0.15) is 5.75 Å². The molecule has 3 rings (SSSR count). The number of benzene rings is 1. The van der Waals surface area contributed by atoms with E-state index in [2.05, 4.69) is 42.6 Å². The molecule has 2 aromatic rings. The Hall–Kier alpha value is -1.61. The van der Waals surface area contributed by atoms with E-state index < -0.39 is 0 Å². The molecule has 2 heterocycles. The summed E-state index contributed by atoms with van der Waals surface area (Å²) in [5.74, 6) is 0.960. The Morgan fingerprint density at radius 2 is 1.95 bits per heavy atom. The molecule has 1 aromatic heterocycles. The largest absolute Gasteiger partial charge is 0.494 e. The molecule has 0 atom stereocenters. The summed E-state index contributed by atoms with van der Waals surface area (Å²) in [6.45, 7) is 3.94. The number of ether oxygens (including phenoxy) is 1. The molecule has 1 aliphatic heterocycles. The molecule has 0 bridgehead atoms. The van der Waals surface area contributed by atoms with E-state index in [1.54, 1.807) is 0 Å². The van der Waals surface area contributed by atoms with Crippen molar-refractivity contribution >= 4 is 17.0 Å². The highest BCUT2D eigenvalue weighted by atomic mass is 32.1. The van der Waals surface area contributed by atoms with Gasteiger partial charge in [0.05, 0.1) is 12.3 Å². The third-order valence-electron chi connectivity index (χ3n) is 4.00. The minimum atomic E-state index is 0.814. The zero-order valence-electron chi connectivity index (χ0n) is 13.2. The predicted octanol–water partition coefficient (Wildman–Crippen LogP) is 5.10. The van der Waals surface area contributed by atoms with E-state index in [1.807, 2.05) is 11.3 Å². The van der Waals surface area contributed by atoms with Crippen LogP contribution in [0.1, 0.15) is 48.6 Å². The SMILES string of the molecule is CCCCCCOc1ccc(C2=NCCc3sccc32)cc1. The van der Waals surface area contributed by atoms with E-state index in [0.29, 0.717) is 0 Å². The van der Waals surface area contributed by atoms with E-state index in [9.17, 15) is 0 Å². The molecule has 3 heteroatoms. The molecule has 116 valence electrons. The van der Waals surface area contributed by atoms with Crippen molar-refractivity contribution in [3.63, 3.8) is 0 Å². The van der Waals surface area contributed by atoms with Gasteiger partial charge in [-0.15, -0.1) is 11.3 Å². The fourth-order valence-electron chi connectivity index (χ4n) is 2.77. The molecule has 0 saturated carbocycles. The van der Waals surface area contributed by atoms with Crippen molar-refractivity contribution in [1.82, 2.24) is 0 Å². The van der Waals surface area contributed by atoms with E-state index >= 15 is 0 Å². The van der Waals surface area contributed by atoms with Crippen molar-refractivity contribution in [2.45, 2.75) is 39.0 Å². The second-order valence-electron chi connectivity index (χ2n) is 5.67. The van der Waals surface area contributed by atoms with Crippen LogP contribution in [0.15, 0.2) is 40.7 Å². The van der Waals surface area contributed by atoms with Gasteiger partial charge >= 0.3 is 0 Å². The maximum absolute atomic E-state index is 5.81. The number of fused-ring (bicyclic) bond motifs is 1. The van der Waals surface area contributed by atoms with Crippen LogP contribution < -0.4 is 4.74 Å². The molecular weight excluding hydrogens is 290 g/mol. The second kappa shape index (κ2) is 7.59. The lowest BCUT2D eigenvalue weighted by Gasteiger charge is -2.14. The molecule has 0 unspecified atom stereocenters. The van der Waals surface area contributed by atoms with E-state index in [4.69, 9.17) is 9.73 Å². The highest BCUT2D eigenvalue weighted by Crippen LogP contribution is 2.26. The van der Waals surface area contributed by atoms with Crippen LogP contribution in [-0.4, -0.2) is 18.9 Å². The molecule has 1 aromatic carbocycles. The number of nitrogens with zero attached hydrogens (tertiary/aromatic N) is 1. The minimum absolute atomic E-state index is 0.814. The molecule has 0 amide bonds. The summed E-state index contributed by atoms with van der Waals surface area (Å²) in [4.78, 5) is 6.18. The first-order valence-electron chi connectivity index (χ1n) is 8.23. The Morgan fingerprint density at radius 1 is 1.09 bits per heavy atom. The number of hydrogen-bond acceptors (Lipinski definition) is 3. The monoisotopic (exact) mass is 313 g/mol. The molecular formula is C19H23NOS. The van der Waals surface area contributed by atoms with Gasteiger partial charge in [-0.1, -0.05) is 26.2 Å². The number of aliphatic imine (C=N–C) groups is 1. The maximum Gasteiger partial charge on any atom is 0.119 e. The Bertz CT molecular complexity index is 627. The van der Waals surface area contributed by atoms with Crippen molar-refractivity contribution in [3.05, 3.63) is 51.7 Å². The summed E-state index contributed by atoms with van der Waals surface area (Å²) in [6, 6.07) is 10.6. The van der Waals surface area contributed by atoms with Gasteiger partial charge in [-0.2, -0.15) is 0 Å². The highest BCUT2D eigenvalue weighted by Gasteiger charge is 2.16. The van der Waals surface area contributed by atoms with E-state index in [1.165, 1.54) is 35.3 Å². The van der Waals surface area contributed by atoms with E-state index in [-0.39, 0.29) is 0 Å². The normalized spacial score (nSPS) is 13.6. The molecule has 22 heavy (non-hydrogen) atoms. The van der Waals surface area contributed by atoms with Gasteiger partial charge in [0, 0.05) is 29.0 Å². The Kier molecular flexibility index (Phi) is 5.28. The molecule has 0 saturated heterocycles. The van der Waals surface area contributed by atoms with Crippen LogP contribution >= 0.6 is 11.3 Å². The van der Waals surface area contributed by atoms with Crippen molar-refractivity contribution in [1.29, 1.82) is 0 Å². The quantitative estimate of drug-likeness (QED) is 0.652. The van der Waals surface area contributed by atoms with Crippen LogP contribution in [0.3, 0.4) is 0 Å². The zero-order valence-corrected chi connectivity index (χ0v) is 14.0. The molecule has 0 N–H and O–H groups in total. The van der Waals surface area contributed by atoms with Crippen molar-refractivity contribution in [3.8, 4) is 5.75 Å². The van der Waals surface area contributed by atoms with Gasteiger partial charge < -0.3 is 4.74 Å². The average molecular weight is 313 g/mol. The lowest BCUT2D eigenvalue weighted by molar-refractivity contribution is 0.305. The fraction of sp³-hybridized carbons (Fsp3) is 0.421. The number of thiophene rings is 1. The molecule has 2 nitrogen and oxygen atoms in total. The molecule has 0 fully saturated rings. The van der Waals surface area contributed by atoms with Crippen LogP contribution in [0.5, 0.6) is 5.75 Å². The zero-order chi connectivity index (χ0) is 15.2. The van der Waals surface area contributed by atoms with Crippen LogP contribution in [0.4, 0.5) is 0 Å². The highest BCUT2D eigenvalue weighted by molar-refractivity contribution is 7.10. The summed E-state index contributed by atoms with van der Waals surface area (Å²) in [7, 11) is 0. The van der Waals surface area contributed by atoms with Gasteiger partial charge in [-0.05, 0) is 42.1 Å². The standard InChI is InChI=1S/C19H23NOS/c1-2-3-4-5-13-21-16-8-6-15(7-9-16)19-17-11-14-22-18(17)10-12-20-19/h6-9,11,14H,2-5,10,12-13H2,1H3. The predicted molar refractivity (Wildman–Crippen MR) is 94.6 cm³/mol. The summed E-state index contributed by atoms with van der Waals surface area (Å²) in [6.07, 6.45) is 6.04. The summed E-state index contributed by atoms with van der Waals surface area (Å²) < 4.78 is 5.81. The Labute approximate surface area is 136 Å². The molecule has 0 radical (unpaired) electrons. The first-order chi connectivity index (χ1) is 10.9. The summed E-state index contributed by atoms with van der Waals surface area (Å²) in [5.41, 5.74) is 3.64. The third-order valence-corrected chi connectivity index (χ3v) is 4.98. The van der Waals surface area contributed by atoms with Crippen LogP contribution in [0, 0.1) is 0 Å². The minimum Gasteiger partial charge on any atom is -0.494 e. The number of rotatable bonds is 7. The van der Waals surface area contributed by atoms with Gasteiger partial charge in [0.2, 0.25) is 0 Å². The number of hydrogen-bond donors (Lipinski definition) is 0. The molecule has 0 aliphatic carbocycles. The third kappa shape index (κ3) is 3.58. The van der Waals surface area contributed by atoms with Gasteiger partial charge in [0.15, 0.2) is 0 Å². The smallest absolute Gasteiger partial charge is 0.119 e. The van der Waals surface area contributed by atoms with Gasteiger partial charge in [-0.3, -0.25) is 4.99 Å². The topological polar surface area (TPSA) is 21.6 Å². The van der Waals surface area contributed by atoms with Crippen LogP contribution in [0.2, 0.25) is 0 Å². The van der Waals surface area contributed by atoms with Crippen LogP contribution in [0.25, 0.3) is 0 Å². The molecule has 0 spiro atoms. The van der Waals surface area contributed by atoms with Gasteiger partial charge in [0.25, 0.3) is 0 Å². The second-order valence-corrected chi connectivity index (χ2v) is 6.67. The van der Waals surface area contributed by atoms with Crippen molar-refractivity contribution in [2.24, 2.45) is 4.99 Å². The summed E-state index contributed by atoms with van der Waals surface area (Å²) in [5, 5.41) is 2.17. The maximum atomic E-state index is 5.81.